The lowest BCUT2D eigenvalue weighted by atomic mass is 10.1. The van der Waals surface area contributed by atoms with E-state index in [-0.39, 0.29) is 17.0 Å². The second-order valence-corrected chi connectivity index (χ2v) is 9.78. The molecule has 4 aromatic carbocycles. The zero-order valence-corrected chi connectivity index (χ0v) is 21.2. The Kier molecular flexibility index (Phi) is 8.05. The highest BCUT2D eigenvalue weighted by Crippen LogP contribution is 2.37. The molecule has 1 atom stereocenters. The fourth-order valence-electron chi connectivity index (χ4n) is 3.97. The van der Waals surface area contributed by atoms with Gasteiger partial charge in [-0.25, -0.2) is 4.79 Å². The van der Waals surface area contributed by atoms with Crippen LogP contribution in [0.25, 0.3) is 0 Å². The average molecular weight is 511 g/mol. The molecular weight excluding hydrogens is 484 g/mol. The first-order valence-electron chi connectivity index (χ1n) is 11.6. The minimum atomic E-state index is -1.16. The molecule has 1 unspecified atom stereocenters. The number of rotatable bonds is 8. The maximum absolute atomic E-state index is 13.4. The van der Waals surface area contributed by atoms with Crippen LogP contribution in [0.5, 0.6) is 0 Å². The highest BCUT2D eigenvalue weighted by molar-refractivity contribution is 8.00. The molecular formula is C30H26N2O4S. The third kappa shape index (κ3) is 6.65. The molecule has 0 heterocycles. The van der Waals surface area contributed by atoms with Gasteiger partial charge in [0.05, 0.1) is 11.1 Å². The van der Waals surface area contributed by atoms with E-state index in [0.717, 1.165) is 27.3 Å². The number of hydrogen-bond acceptors (Lipinski definition) is 4. The number of carbonyl (C=O) groups excluding carboxylic acids is 2. The Morgan fingerprint density at radius 3 is 1.92 bits per heavy atom. The summed E-state index contributed by atoms with van der Waals surface area (Å²) in [6, 6.07) is 28.7. The van der Waals surface area contributed by atoms with Crippen LogP contribution in [0.2, 0.25) is 0 Å². The van der Waals surface area contributed by atoms with Gasteiger partial charge in [0, 0.05) is 16.3 Å². The molecule has 0 radical (unpaired) electrons. The van der Waals surface area contributed by atoms with Crippen molar-refractivity contribution in [3.8, 4) is 0 Å². The maximum Gasteiger partial charge on any atom is 0.336 e. The number of aryl methyl sites for hydroxylation is 2. The minimum Gasteiger partial charge on any atom is -0.478 e. The quantitative estimate of drug-likeness (QED) is 0.229. The summed E-state index contributed by atoms with van der Waals surface area (Å²) in [5.41, 5.74) is 4.31. The molecule has 3 N–H and O–H groups in total. The van der Waals surface area contributed by atoms with Gasteiger partial charge in [0.2, 0.25) is 5.91 Å². The molecule has 0 aromatic heterocycles. The minimum absolute atomic E-state index is 0.0623. The number of carboxylic acids is 1. The summed E-state index contributed by atoms with van der Waals surface area (Å²) in [7, 11) is 0. The standard InChI is InChI=1S/C30H26N2O4S/c1-19-16-20(2)18-23(17-19)32-29(34)27(21-8-4-3-5-9-21)37-24-14-12-22(13-15-24)31-28(33)25-10-6-7-11-26(25)30(35)36/h3-18,27H,1-2H3,(H,31,33)(H,32,34)(H,35,36). The molecule has 0 saturated carbocycles. The van der Waals surface area contributed by atoms with Crippen molar-refractivity contribution in [1.82, 2.24) is 0 Å². The number of benzene rings is 4. The number of anilines is 2. The van der Waals surface area contributed by atoms with E-state index in [9.17, 15) is 19.5 Å². The molecule has 6 nitrogen and oxygen atoms in total. The summed E-state index contributed by atoms with van der Waals surface area (Å²) in [5, 5.41) is 14.6. The van der Waals surface area contributed by atoms with Gasteiger partial charge in [-0.1, -0.05) is 48.5 Å². The maximum atomic E-state index is 13.4. The number of amides is 2. The van der Waals surface area contributed by atoms with Crippen LogP contribution in [0.15, 0.2) is 102 Å². The van der Waals surface area contributed by atoms with Crippen molar-refractivity contribution >= 4 is 40.9 Å². The summed E-state index contributed by atoms with van der Waals surface area (Å²) < 4.78 is 0. The summed E-state index contributed by atoms with van der Waals surface area (Å²) in [5.74, 6) is -1.80. The van der Waals surface area contributed by atoms with E-state index in [0.29, 0.717) is 5.69 Å². The lowest BCUT2D eigenvalue weighted by Gasteiger charge is -2.18. The van der Waals surface area contributed by atoms with Crippen molar-refractivity contribution in [3.05, 3.63) is 125 Å². The van der Waals surface area contributed by atoms with Gasteiger partial charge in [-0.05, 0) is 79.1 Å². The predicted octanol–water partition coefficient (Wildman–Crippen LogP) is 6.73. The van der Waals surface area contributed by atoms with E-state index >= 15 is 0 Å². The van der Waals surface area contributed by atoms with Crippen LogP contribution in [-0.4, -0.2) is 22.9 Å². The van der Waals surface area contributed by atoms with E-state index in [2.05, 4.69) is 16.7 Å². The first-order valence-corrected chi connectivity index (χ1v) is 12.5. The molecule has 2 amide bonds. The molecule has 7 heteroatoms. The van der Waals surface area contributed by atoms with Crippen molar-refractivity contribution in [2.24, 2.45) is 0 Å². The average Bonchev–Trinajstić information content (AvgIpc) is 2.88. The van der Waals surface area contributed by atoms with E-state index < -0.39 is 17.1 Å². The molecule has 0 saturated heterocycles. The zero-order valence-electron chi connectivity index (χ0n) is 20.4. The van der Waals surface area contributed by atoms with Gasteiger partial charge < -0.3 is 15.7 Å². The summed E-state index contributed by atoms with van der Waals surface area (Å²) in [6.07, 6.45) is 0. The van der Waals surface area contributed by atoms with Gasteiger partial charge in [0.1, 0.15) is 5.25 Å². The summed E-state index contributed by atoms with van der Waals surface area (Å²) >= 11 is 1.41. The molecule has 0 bridgehead atoms. The predicted molar refractivity (Wildman–Crippen MR) is 147 cm³/mol. The fraction of sp³-hybridized carbons (Fsp3) is 0.100. The molecule has 0 aliphatic heterocycles. The monoisotopic (exact) mass is 510 g/mol. The van der Waals surface area contributed by atoms with Gasteiger partial charge in [-0.3, -0.25) is 9.59 Å². The third-order valence-electron chi connectivity index (χ3n) is 5.60. The molecule has 0 spiro atoms. The second kappa shape index (κ2) is 11.6. The van der Waals surface area contributed by atoms with Crippen LogP contribution < -0.4 is 10.6 Å². The molecule has 37 heavy (non-hydrogen) atoms. The van der Waals surface area contributed by atoms with E-state index in [1.54, 1.807) is 24.3 Å². The number of hydrogen-bond donors (Lipinski definition) is 3. The van der Waals surface area contributed by atoms with Gasteiger partial charge in [-0.2, -0.15) is 0 Å². The van der Waals surface area contributed by atoms with Gasteiger partial charge in [0.15, 0.2) is 0 Å². The van der Waals surface area contributed by atoms with Crippen molar-refractivity contribution in [2.75, 3.05) is 10.6 Å². The van der Waals surface area contributed by atoms with Gasteiger partial charge in [0.25, 0.3) is 5.91 Å². The van der Waals surface area contributed by atoms with Crippen LogP contribution in [0.3, 0.4) is 0 Å². The van der Waals surface area contributed by atoms with E-state index in [4.69, 9.17) is 0 Å². The van der Waals surface area contributed by atoms with E-state index in [1.165, 1.54) is 23.9 Å². The molecule has 4 rings (SSSR count). The number of nitrogens with one attached hydrogen (secondary N) is 2. The van der Waals surface area contributed by atoms with Crippen LogP contribution in [0.4, 0.5) is 11.4 Å². The Labute approximate surface area is 219 Å². The van der Waals surface area contributed by atoms with Crippen LogP contribution >= 0.6 is 11.8 Å². The highest BCUT2D eigenvalue weighted by atomic mass is 32.2. The lowest BCUT2D eigenvalue weighted by molar-refractivity contribution is -0.115. The van der Waals surface area contributed by atoms with Crippen molar-refractivity contribution in [3.63, 3.8) is 0 Å². The molecule has 0 aliphatic rings. The third-order valence-corrected chi connectivity index (χ3v) is 6.86. The Morgan fingerprint density at radius 2 is 1.30 bits per heavy atom. The molecule has 0 fully saturated rings. The molecule has 186 valence electrons. The number of thioether (sulfide) groups is 1. The van der Waals surface area contributed by atoms with Crippen molar-refractivity contribution in [1.29, 1.82) is 0 Å². The Bertz CT molecular complexity index is 1420. The van der Waals surface area contributed by atoms with E-state index in [1.807, 2.05) is 68.4 Å². The number of aromatic carboxylic acids is 1. The van der Waals surface area contributed by atoms with Gasteiger partial charge in [-0.15, -0.1) is 11.8 Å². The highest BCUT2D eigenvalue weighted by Gasteiger charge is 2.23. The van der Waals surface area contributed by atoms with Crippen molar-refractivity contribution in [2.45, 2.75) is 24.0 Å². The Balaban J connectivity index is 1.51. The van der Waals surface area contributed by atoms with Crippen molar-refractivity contribution < 1.29 is 19.5 Å². The first kappa shape index (κ1) is 25.7. The Morgan fingerprint density at radius 1 is 0.703 bits per heavy atom. The first-order chi connectivity index (χ1) is 17.8. The topological polar surface area (TPSA) is 95.5 Å². The lowest BCUT2D eigenvalue weighted by Crippen LogP contribution is -2.19. The fourth-order valence-corrected chi connectivity index (χ4v) is 5.00. The second-order valence-electron chi connectivity index (χ2n) is 8.60. The molecule has 4 aromatic rings. The normalized spacial score (nSPS) is 11.4. The smallest absolute Gasteiger partial charge is 0.336 e. The largest absolute Gasteiger partial charge is 0.478 e. The number of carboxylic acid groups (broad SMARTS) is 1. The van der Waals surface area contributed by atoms with Crippen LogP contribution in [0.1, 0.15) is 42.7 Å². The van der Waals surface area contributed by atoms with Crippen LogP contribution in [-0.2, 0) is 4.79 Å². The van der Waals surface area contributed by atoms with Gasteiger partial charge >= 0.3 is 5.97 Å². The number of carbonyl (C=O) groups is 3. The Hall–Kier alpha value is -4.36. The summed E-state index contributed by atoms with van der Waals surface area (Å²) in [6.45, 7) is 3.99. The SMILES string of the molecule is Cc1cc(C)cc(NC(=O)C(Sc2ccc(NC(=O)c3ccccc3C(=O)O)cc2)c2ccccc2)c1. The molecule has 0 aliphatic carbocycles. The zero-order chi connectivity index (χ0) is 26.4. The summed E-state index contributed by atoms with van der Waals surface area (Å²) in [4.78, 5) is 38.3. The van der Waals surface area contributed by atoms with Crippen LogP contribution in [0, 0.1) is 13.8 Å².